The lowest BCUT2D eigenvalue weighted by atomic mass is 10.1. The molecule has 1 heterocycles. The summed E-state index contributed by atoms with van der Waals surface area (Å²) in [5.41, 5.74) is 1.23. The predicted molar refractivity (Wildman–Crippen MR) is 72.9 cm³/mol. The Morgan fingerprint density at radius 2 is 2.00 bits per heavy atom. The van der Waals surface area contributed by atoms with E-state index < -0.39 is 0 Å². The Labute approximate surface area is 109 Å². The van der Waals surface area contributed by atoms with Crippen molar-refractivity contribution in [3.8, 4) is 5.75 Å². The van der Waals surface area contributed by atoms with Crippen molar-refractivity contribution in [3.63, 3.8) is 0 Å². The normalized spacial score (nSPS) is 17.1. The van der Waals surface area contributed by atoms with Crippen LogP contribution in [-0.4, -0.2) is 25.4 Å². The van der Waals surface area contributed by atoms with Crippen LogP contribution in [0.3, 0.4) is 0 Å². The molecule has 1 aromatic rings. The highest BCUT2D eigenvalue weighted by atomic mass is 16.5. The third kappa shape index (κ3) is 4.00. The number of ether oxygens (including phenoxy) is 2. The van der Waals surface area contributed by atoms with Gasteiger partial charge in [-0.15, -0.1) is 0 Å². The second-order valence-electron chi connectivity index (χ2n) is 5.07. The second kappa shape index (κ2) is 6.76. The zero-order valence-electron chi connectivity index (χ0n) is 11.3. The summed E-state index contributed by atoms with van der Waals surface area (Å²) in [6.07, 6.45) is 2.29. The summed E-state index contributed by atoms with van der Waals surface area (Å²) in [6.45, 7) is 6.80. The molecule has 0 aromatic heterocycles. The number of para-hydroxylation sites is 1. The van der Waals surface area contributed by atoms with Crippen LogP contribution in [0.1, 0.15) is 32.3 Å². The minimum absolute atomic E-state index is 0.305. The Kier molecular flexibility index (Phi) is 5.02. The van der Waals surface area contributed by atoms with Gasteiger partial charge < -0.3 is 14.8 Å². The number of hydrogen-bond donors (Lipinski definition) is 1. The van der Waals surface area contributed by atoms with Crippen LogP contribution >= 0.6 is 0 Å². The van der Waals surface area contributed by atoms with Gasteiger partial charge in [0.15, 0.2) is 0 Å². The molecule has 0 bridgehead atoms. The molecule has 1 N–H and O–H groups in total. The molecule has 1 fully saturated rings. The third-order valence-electron chi connectivity index (χ3n) is 3.14. The molecule has 0 spiro atoms. The molecule has 100 valence electrons. The first-order chi connectivity index (χ1) is 8.75. The molecule has 3 nitrogen and oxygen atoms in total. The molecular weight excluding hydrogens is 226 g/mol. The maximum Gasteiger partial charge on any atom is 0.124 e. The minimum Gasteiger partial charge on any atom is -0.490 e. The summed E-state index contributed by atoms with van der Waals surface area (Å²) in [6, 6.07) is 8.78. The molecule has 1 aliphatic rings. The van der Waals surface area contributed by atoms with E-state index in [2.05, 4.69) is 37.4 Å². The van der Waals surface area contributed by atoms with E-state index in [0.717, 1.165) is 38.3 Å². The first-order valence-corrected chi connectivity index (χ1v) is 6.81. The third-order valence-corrected chi connectivity index (χ3v) is 3.14. The lowest BCUT2D eigenvalue weighted by Gasteiger charge is -2.24. The molecule has 18 heavy (non-hydrogen) atoms. The van der Waals surface area contributed by atoms with Crippen molar-refractivity contribution in [1.82, 2.24) is 5.32 Å². The van der Waals surface area contributed by atoms with Gasteiger partial charge in [-0.2, -0.15) is 0 Å². The molecule has 1 saturated heterocycles. The van der Waals surface area contributed by atoms with Crippen LogP contribution in [0.15, 0.2) is 24.3 Å². The lowest BCUT2D eigenvalue weighted by molar-refractivity contribution is 0.0251. The molecule has 0 aliphatic carbocycles. The summed E-state index contributed by atoms with van der Waals surface area (Å²) in [7, 11) is 0. The van der Waals surface area contributed by atoms with Crippen LogP contribution < -0.4 is 10.1 Å². The van der Waals surface area contributed by atoms with Crippen LogP contribution in [0.4, 0.5) is 0 Å². The van der Waals surface area contributed by atoms with E-state index in [1.54, 1.807) is 0 Å². The van der Waals surface area contributed by atoms with Crippen LogP contribution in [0.5, 0.6) is 5.75 Å². The first-order valence-electron chi connectivity index (χ1n) is 6.81. The van der Waals surface area contributed by atoms with E-state index >= 15 is 0 Å². The Hall–Kier alpha value is -1.06. The van der Waals surface area contributed by atoms with Gasteiger partial charge in [0.05, 0.1) is 13.2 Å². The molecule has 0 atom stereocenters. The van der Waals surface area contributed by atoms with Crippen molar-refractivity contribution in [2.24, 2.45) is 0 Å². The van der Waals surface area contributed by atoms with Gasteiger partial charge in [-0.05, 0) is 6.07 Å². The lowest BCUT2D eigenvalue weighted by Crippen LogP contribution is -2.27. The predicted octanol–water partition coefficient (Wildman–Crippen LogP) is 2.74. The van der Waals surface area contributed by atoms with Crippen molar-refractivity contribution in [2.45, 2.75) is 45.4 Å². The Morgan fingerprint density at radius 1 is 1.28 bits per heavy atom. The van der Waals surface area contributed by atoms with E-state index in [-0.39, 0.29) is 0 Å². The van der Waals surface area contributed by atoms with E-state index in [9.17, 15) is 0 Å². The maximum absolute atomic E-state index is 6.10. The van der Waals surface area contributed by atoms with Gasteiger partial charge in [0.1, 0.15) is 11.9 Å². The molecule has 0 radical (unpaired) electrons. The standard InChI is InChI=1S/C15H23NO2/c1-12(2)16-11-13-5-3-4-6-15(13)18-14-7-9-17-10-8-14/h3-6,12,14,16H,7-11H2,1-2H3. The zero-order chi connectivity index (χ0) is 12.8. The molecular formula is C15H23NO2. The monoisotopic (exact) mass is 249 g/mol. The molecule has 1 aromatic carbocycles. The van der Waals surface area contributed by atoms with E-state index in [1.807, 2.05) is 6.07 Å². The highest BCUT2D eigenvalue weighted by Gasteiger charge is 2.16. The molecule has 1 aliphatic heterocycles. The number of hydrogen-bond acceptors (Lipinski definition) is 3. The van der Waals surface area contributed by atoms with Crippen LogP contribution in [0.25, 0.3) is 0 Å². The minimum atomic E-state index is 0.305. The summed E-state index contributed by atoms with van der Waals surface area (Å²) in [4.78, 5) is 0. The fourth-order valence-electron chi connectivity index (χ4n) is 2.05. The molecule has 3 heteroatoms. The zero-order valence-corrected chi connectivity index (χ0v) is 11.3. The fourth-order valence-corrected chi connectivity index (χ4v) is 2.05. The number of nitrogens with one attached hydrogen (secondary N) is 1. The Morgan fingerprint density at radius 3 is 2.72 bits per heavy atom. The quantitative estimate of drug-likeness (QED) is 0.870. The van der Waals surface area contributed by atoms with Crippen LogP contribution in [0, 0.1) is 0 Å². The van der Waals surface area contributed by atoms with Gasteiger partial charge in [0.2, 0.25) is 0 Å². The van der Waals surface area contributed by atoms with Crippen molar-refractivity contribution in [2.75, 3.05) is 13.2 Å². The van der Waals surface area contributed by atoms with Crippen molar-refractivity contribution in [1.29, 1.82) is 0 Å². The summed E-state index contributed by atoms with van der Waals surface area (Å²) >= 11 is 0. The average Bonchev–Trinajstić information content (AvgIpc) is 2.39. The Balaban J connectivity index is 1.97. The topological polar surface area (TPSA) is 30.5 Å². The molecule has 0 unspecified atom stereocenters. The molecule has 2 rings (SSSR count). The van der Waals surface area contributed by atoms with Crippen molar-refractivity contribution >= 4 is 0 Å². The van der Waals surface area contributed by atoms with Gasteiger partial charge in [0.25, 0.3) is 0 Å². The van der Waals surface area contributed by atoms with Gasteiger partial charge >= 0.3 is 0 Å². The molecule has 0 amide bonds. The molecule has 0 saturated carbocycles. The van der Waals surface area contributed by atoms with Gasteiger partial charge in [-0.1, -0.05) is 32.0 Å². The van der Waals surface area contributed by atoms with E-state index in [1.165, 1.54) is 5.56 Å². The second-order valence-corrected chi connectivity index (χ2v) is 5.07. The average molecular weight is 249 g/mol. The highest BCUT2D eigenvalue weighted by molar-refractivity contribution is 5.33. The Bertz CT molecular complexity index is 359. The van der Waals surface area contributed by atoms with Gasteiger partial charge in [-0.25, -0.2) is 0 Å². The van der Waals surface area contributed by atoms with Crippen LogP contribution in [0.2, 0.25) is 0 Å². The number of rotatable bonds is 5. The maximum atomic E-state index is 6.10. The summed E-state index contributed by atoms with van der Waals surface area (Å²) in [5, 5.41) is 3.43. The van der Waals surface area contributed by atoms with E-state index in [4.69, 9.17) is 9.47 Å². The highest BCUT2D eigenvalue weighted by Crippen LogP contribution is 2.22. The largest absolute Gasteiger partial charge is 0.490 e. The first kappa shape index (κ1) is 13.4. The summed E-state index contributed by atoms with van der Waals surface area (Å²) < 4.78 is 11.5. The van der Waals surface area contributed by atoms with E-state index in [0.29, 0.717) is 12.1 Å². The van der Waals surface area contributed by atoms with Crippen molar-refractivity contribution < 1.29 is 9.47 Å². The smallest absolute Gasteiger partial charge is 0.124 e. The number of benzene rings is 1. The summed E-state index contributed by atoms with van der Waals surface area (Å²) in [5.74, 6) is 1.01. The van der Waals surface area contributed by atoms with Crippen molar-refractivity contribution in [3.05, 3.63) is 29.8 Å². The van der Waals surface area contributed by atoms with Gasteiger partial charge in [-0.3, -0.25) is 0 Å². The van der Waals surface area contributed by atoms with Gasteiger partial charge in [0, 0.05) is 31.0 Å². The SMILES string of the molecule is CC(C)NCc1ccccc1OC1CCOCC1. The fraction of sp³-hybridized carbons (Fsp3) is 0.600. The van der Waals surface area contributed by atoms with Crippen LogP contribution in [-0.2, 0) is 11.3 Å².